The molecule has 22 heavy (non-hydrogen) atoms. The van der Waals surface area contributed by atoms with Gasteiger partial charge in [0.25, 0.3) is 6.34 Å². The highest BCUT2D eigenvalue weighted by Gasteiger charge is 2.08. The Morgan fingerprint density at radius 3 is 2.27 bits per heavy atom. The summed E-state index contributed by atoms with van der Waals surface area (Å²) < 4.78 is 41.4. The van der Waals surface area contributed by atoms with Gasteiger partial charge in [0.2, 0.25) is 5.17 Å². The first-order chi connectivity index (χ1) is 10.3. The highest BCUT2D eigenvalue weighted by Crippen LogP contribution is 2.03. The van der Waals surface area contributed by atoms with E-state index in [-0.39, 0.29) is 0 Å². The number of morpholine rings is 1. The Hall–Kier alpha value is -1.06. The lowest BCUT2D eigenvalue weighted by Crippen LogP contribution is -2.68. The quantitative estimate of drug-likeness (QED) is 0.331. The van der Waals surface area contributed by atoms with Crippen LogP contribution in [0.15, 0.2) is 35.3 Å². The molecule has 0 unspecified atom stereocenters. The third kappa shape index (κ3) is 10.6. The average Bonchev–Trinajstić information content (AvgIpc) is 2.46. The number of hydrogen-bond donors (Lipinski definition) is 0. The first-order valence-corrected chi connectivity index (χ1v) is 7.99. The van der Waals surface area contributed by atoms with Crippen molar-refractivity contribution in [3.05, 3.63) is 35.9 Å². The SMILES string of the molecule is ClC(Cc1ccccc1)=NC=[N+]1CCOCC1.[O-][Cl+3]([O-])([O-])[O-]. The molecular weight excluding hydrogens is 335 g/mol. The van der Waals surface area contributed by atoms with Crippen LogP contribution in [0.25, 0.3) is 0 Å². The zero-order valence-electron chi connectivity index (χ0n) is 11.7. The molecule has 1 saturated heterocycles. The molecule has 0 atom stereocenters. The van der Waals surface area contributed by atoms with Crippen molar-refractivity contribution >= 4 is 23.1 Å². The summed E-state index contributed by atoms with van der Waals surface area (Å²) in [6.07, 6.45) is 2.50. The van der Waals surface area contributed by atoms with Crippen LogP contribution in [0.3, 0.4) is 0 Å². The lowest BCUT2D eigenvalue weighted by atomic mass is 10.2. The number of aliphatic imine (C=N–C) groups is 1. The summed E-state index contributed by atoms with van der Waals surface area (Å²) >= 11 is 6.10. The van der Waals surface area contributed by atoms with Crippen LogP contribution >= 0.6 is 11.6 Å². The van der Waals surface area contributed by atoms with Gasteiger partial charge in [-0.25, -0.2) is 18.6 Å². The number of nitrogens with zero attached hydrogens (tertiary/aromatic N) is 2. The van der Waals surface area contributed by atoms with Crippen molar-refractivity contribution in [2.45, 2.75) is 6.42 Å². The van der Waals surface area contributed by atoms with E-state index in [1.54, 1.807) is 0 Å². The van der Waals surface area contributed by atoms with E-state index in [0.29, 0.717) is 11.6 Å². The second-order valence-corrected chi connectivity index (χ2v) is 5.50. The van der Waals surface area contributed by atoms with Crippen LogP contribution in [0.1, 0.15) is 5.56 Å². The fraction of sp³-hybridized carbons (Fsp3) is 0.385. The Bertz CT molecular complexity index is 489. The second kappa shape index (κ2) is 9.86. The van der Waals surface area contributed by atoms with Crippen LogP contribution < -0.4 is 18.6 Å². The molecule has 1 aromatic rings. The molecule has 122 valence electrons. The average molecular weight is 351 g/mol. The molecule has 0 aromatic heterocycles. The maximum atomic E-state index is 8.49. The van der Waals surface area contributed by atoms with Gasteiger partial charge in [-0.15, -0.1) is 10.2 Å². The Labute approximate surface area is 135 Å². The van der Waals surface area contributed by atoms with Crippen molar-refractivity contribution in [1.82, 2.24) is 0 Å². The Kier molecular flexibility index (Phi) is 8.51. The van der Waals surface area contributed by atoms with E-state index in [4.69, 9.17) is 35.0 Å². The summed E-state index contributed by atoms with van der Waals surface area (Å²) in [5.41, 5.74) is 1.18. The van der Waals surface area contributed by atoms with Crippen LogP contribution in [0, 0.1) is 10.2 Å². The van der Waals surface area contributed by atoms with Gasteiger partial charge in [0, 0.05) is 0 Å². The highest BCUT2D eigenvalue weighted by molar-refractivity contribution is 6.66. The molecule has 1 fully saturated rings. The smallest absolute Gasteiger partial charge is 0.283 e. The van der Waals surface area contributed by atoms with Gasteiger partial charge in [-0.1, -0.05) is 30.3 Å². The summed E-state index contributed by atoms with van der Waals surface area (Å²) in [7, 11) is -4.94. The van der Waals surface area contributed by atoms with E-state index in [1.807, 2.05) is 36.7 Å². The standard InChI is InChI=1S/C13H16ClN2O.ClHO4/c14-13(10-12-4-2-1-3-5-12)15-11-16-6-8-17-9-7-16;2-1(3,4)5/h1-5,11H,6-10H2;(H,2,3,4,5)/q+1;/p-1. The fourth-order valence-corrected chi connectivity index (χ4v) is 1.85. The monoisotopic (exact) mass is 350 g/mol. The molecule has 2 rings (SSSR count). The molecule has 0 bridgehead atoms. The molecule has 1 aliphatic heterocycles. The van der Waals surface area contributed by atoms with Gasteiger partial charge >= 0.3 is 0 Å². The molecular formula is C13H16Cl2N2O5. The Morgan fingerprint density at radius 2 is 1.73 bits per heavy atom. The van der Waals surface area contributed by atoms with Crippen molar-refractivity contribution in [3.8, 4) is 0 Å². The second-order valence-electron chi connectivity index (χ2n) is 4.31. The number of halogens is 2. The largest absolute Gasteiger partial charge is 0.373 e. The molecule has 7 nitrogen and oxygen atoms in total. The molecule has 0 radical (unpaired) electrons. The lowest BCUT2D eigenvalue weighted by molar-refractivity contribution is -2.00. The molecule has 0 aliphatic carbocycles. The van der Waals surface area contributed by atoms with E-state index in [1.165, 1.54) is 5.56 Å². The molecule has 0 saturated carbocycles. The van der Waals surface area contributed by atoms with E-state index >= 15 is 0 Å². The van der Waals surface area contributed by atoms with E-state index in [9.17, 15) is 0 Å². The van der Waals surface area contributed by atoms with Gasteiger partial charge in [0.1, 0.15) is 13.1 Å². The van der Waals surface area contributed by atoms with Gasteiger partial charge in [-0.05, 0) is 22.2 Å². The molecule has 1 aromatic carbocycles. The molecule has 0 N–H and O–H groups in total. The third-order valence-electron chi connectivity index (χ3n) is 2.60. The van der Waals surface area contributed by atoms with Gasteiger partial charge < -0.3 is 4.74 Å². The predicted octanol–water partition coefficient (Wildman–Crippen LogP) is -2.82. The number of rotatable bonds is 3. The maximum absolute atomic E-state index is 8.49. The molecule has 0 spiro atoms. The minimum absolute atomic E-state index is 0.614. The van der Waals surface area contributed by atoms with Crippen molar-refractivity contribution in [1.29, 1.82) is 0 Å². The van der Waals surface area contributed by atoms with Crippen LogP contribution in [-0.4, -0.2) is 42.4 Å². The molecule has 9 heteroatoms. The van der Waals surface area contributed by atoms with Crippen molar-refractivity contribution in [3.63, 3.8) is 0 Å². The van der Waals surface area contributed by atoms with Crippen molar-refractivity contribution in [2.24, 2.45) is 4.99 Å². The first-order valence-electron chi connectivity index (χ1n) is 6.37. The number of ether oxygens (including phenoxy) is 1. The minimum atomic E-state index is -4.94. The fourth-order valence-electron chi connectivity index (χ4n) is 1.65. The third-order valence-corrected chi connectivity index (χ3v) is 2.83. The van der Waals surface area contributed by atoms with Gasteiger partial charge in [-0.2, -0.15) is 0 Å². The number of benzene rings is 1. The van der Waals surface area contributed by atoms with Crippen LogP contribution in [-0.2, 0) is 11.2 Å². The van der Waals surface area contributed by atoms with Gasteiger partial charge in [-0.3, -0.25) is 4.58 Å². The summed E-state index contributed by atoms with van der Waals surface area (Å²) in [6, 6.07) is 10.1. The number of hydrogen-bond acceptors (Lipinski definition) is 5. The van der Waals surface area contributed by atoms with Gasteiger partial charge in [0.05, 0.1) is 19.6 Å². The summed E-state index contributed by atoms with van der Waals surface area (Å²) in [4.78, 5) is 4.27. The summed E-state index contributed by atoms with van der Waals surface area (Å²) in [6.45, 7) is 3.31. The highest BCUT2D eigenvalue weighted by atomic mass is 35.7. The molecule has 0 amide bonds. The minimum Gasteiger partial charge on any atom is -0.373 e. The van der Waals surface area contributed by atoms with E-state index < -0.39 is 10.2 Å². The molecule has 1 heterocycles. The zero-order valence-corrected chi connectivity index (χ0v) is 13.2. The first kappa shape index (κ1) is 19.0. The topological polar surface area (TPSA) is 117 Å². The van der Waals surface area contributed by atoms with Gasteiger partial charge in [0.15, 0.2) is 0 Å². The van der Waals surface area contributed by atoms with E-state index in [0.717, 1.165) is 26.3 Å². The molecule has 1 aliphatic rings. The maximum Gasteiger partial charge on any atom is 0.283 e. The Balaban J connectivity index is 0.000000422. The lowest BCUT2D eigenvalue weighted by Gasteiger charge is -2.17. The normalized spacial score (nSPS) is 15.9. The van der Waals surface area contributed by atoms with Crippen molar-refractivity contribution < 1.29 is 38.2 Å². The van der Waals surface area contributed by atoms with Crippen LogP contribution in [0.4, 0.5) is 0 Å². The Morgan fingerprint density at radius 1 is 1.18 bits per heavy atom. The van der Waals surface area contributed by atoms with Crippen molar-refractivity contribution in [2.75, 3.05) is 26.3 Å². The summed E-state index contributed by atoms with van der Waals surface area (Å²) in [5, 5.41) is 0.614. The van der Waals surface area contributed by atoms with Crippen LogP contribution in [0.2, 0.25) is 0 Å². The van der Waals surface area contributed by atoms with Crippen LogP contribution in [0.5, 0.6) is 0 Å². The van der Waals surface area contributed by atoms with E-state index in [2.05, 4.69) is 9.57 Å². The zero-order chi connectivity index (χ0) is 16.4. The summed E-state index contributed by atoms with van der Waals surface area (Å²) in [5.74, 6) is 0. The predicted molar refractivity (Wildman–Crippen MR) is 70.3 cm³/mol.